The molecule has 1 heterocycles. The van der Waals surface area contributed by atoms with Crippen molar-refractivity contribution < 1.29 is 4.79 Å². The standard InChI is InChI=1S/C18H28N2OS/c21-18(16-22-17-10-4-1-5-11-17)19-12-6-2-7-13-20-14-8-3-9-15-20/h1,4-5,10-11H,2-3,6-9,12-16H2,(H,19,21). The molecular formula is C18H28N2OS. The van der Waals surface area contributed by atoms with Gasteiger partial charge >= 0.3 is 0 Å². The molecular weight excluding hydrogens is 292 g/mol. The van der Waals surface area contributed by atoms with E-state index in [1.165, 1.54) is 51.7 Å². The summed E-state index contributed by atoms with van der Waals surface area (Å²) in [6, 6.07) is 10.1. The predicted octanol–water partition coefficient (Wildman–Crippen LogP) is 3.55. The van der Waals surface area contributed by atoms with Crippen LogP contribution in [0.2, 0.25) is 0 Å². The summed E-state index contributed by atoms with van der Waals surface area (Å²) in [6.45, 7) is 4.62. The van der Waals surface area contributed by atoms with E-state index in [-0.39, 0.29) is 5.91 Å². The number of rotatable bonds is 9. The molecule has 0 radical (unpaired) electrons. The summed E-state index contributed by atoms with van der Waals surface area (Å²) in [5, 5.41) is 3.02. The monoisotopic (exact) mass is 320 g/mol. The fraction of sp³-hybridized carbons (Fsp3) is 0.611. The van der Waals surface area contributed by atoms with Crippen LogP contribution >= 0.6 is 11.8 Å². The minimum atomic E-state index is 0.143. The Balaban J connectivity index is 1.43. The molecule has 0 aromatic heterocycles. The average Bonchev–Trinajstić information content (AvgIpc) is 2.58. The Labute approximate surface area is 138 Å². The molecule has 0 saturated carbocycles. The number of thioether (sulfide) groups is 1. The van der Waals surface area contributed by atoms with Crippen LogP contribution in [0.1, 0.15) is 38.5 Å². The van der Waals surface area contributed by atoms with Crippen molar-refractivity contribution in [2.45, 2.75) is 43.4 Å². The molecule has 0 spiro atoms. The summed E-state index contributed by atoms with van der Waals surface area (Å²) in [7, 11) is 0. The maximum Gasteiger partial charge on any atom is 0.230 e. The van der Waals surface area contributed by atoms with Gasteiger partial charge in [0.2, 0.25) is 5.91 Å². The fourth-order valence-electron chi connectivity index (χ4n) is 2.76. The lowest BCUT2D eigenvalue weighted by Gasteiger charge is -2.26. The van der Waals surface area contributed by atoms with E-state index in [1.54, 1.807) is 11.8 Å². The number of hydrogen-bond acceptors (Lipinski definition) is 3. The van der Waals surface area contributed by atoms with Crippen LogP contribution in [0.15, 0.2) is 35.2 Å². The molecule has 1 aromatic rings. The lowest BCUT2D eigenvalue weighted by atomic mass is 10.1. The Morgan fingerprint density at radius 3 is 2.59 bits per heavy atom. The number of piperidine rings is 1. The van der Waals surface area contributed by atoms with E-state index in [1.807, 2.05) is 30.3 Å². The molecule has 0 atom stereocenters. The van der Waals surface area contributed by atoms with Crippen LogP contribution in [0.25, 0.3) is 0 Å². The van der Waals surface area contributed by atoms with E-state index in [9.17, 15) is 4.79 Å². The van der Waals surface area contributed by atoms with Gasteiger partial charge in [0, 0.05) is 11.4 Å². The smallest absolute Gasteiger partial charge is 0.230 e. The molecule has 1 aliphatic heterocycles. The third kappa shape index (κ3) is 7.32. The van der Waals surface area contributed by atoms with Crippen LogP contribution < -0.4 is 5.32 Å². The zero-order valence-corrected chi connectivity index (χ0v) is 14.2. The SMILES string of the molecule is O=C(CSc1ccccc1)NCCCCCN1CCCCC1. The topological polar surface area (TPSA) is 32.3 Å². The molecule has 0 bridgehead atoms. The maximum absolute atomic E-state index is 11.8. The second-order valence-corrected chi connectivity index (χ2v) is 6.96. The summed E-state index contributed by atoms with van der Waals surface area (Å²) in [6.07, 6.45) is 7.71. The summed E-state index contributed by atoms with van der Waals surface area (Å²) >= 11 is 1.60. The molecule has 1 saturated heterocycles. The molecule has 1 amide bonds. The van der Waals surface area contributed by atoms with Crippen LogP contribution in [0, 0.1) is 0 Å². The minimum absolute atomic E-state index is 0.143. The summed E-state index contributed by atoms with van der Waals surface area (Å²) < 4.78 is 0. The highest BCUT2D eigenvalue weighted by molar-refractivity contribution is 8.00. The van der Waals surface area contributed by atoms with Crippen LogP contribution in [0.5, 0.6) is 0 Å². The number of nitrogens with one attached hydrogen (secondary N) is 1. The molecule has 1 aromatic carbocycles. The van der Waals surface area contributed by atoms with Crippen molar-refractivity contribution in [1.82, 2.24) is 10.2 Å². The molecule has 0 unspecified atom stereocenters. The van der Waals surface area contributed by atoms with Crippen LogP contribution in [0.4, 0.5) is 0 Å². The van der Waals surface area contributed by atoms with E-state index < -0.39 is 0 Å². The first kappa shape index (κ1) is 17.4. The van der Waals surface area contributed by atoms with Gasteiger partial charge in [0.05, 0.1) is 5.75 Å². The van der Waals surface area contributed by atoms with Crippen molar-refractivity contribution in [3.8, 4) is 0 Å². The van der Waals surface area contributed by atoms with Crippen molar-refractivity contribution in [3.05, 3.63) is 30.3 Å². The first-order valence-corrected chi connectivity index (χ1v) is 9.50. The highest BCUT2D eigenvalue weighted by atomic mass is 32.2. The Kier molecular flexibility index (Phi) is 8.43. The highest BCUT2D eigenvalue weighted by Gasteiger charge is 2.08. The quantitative estimate of drug-likeness (QED) is 0.558. The lowest BCUT2D eigenvalue weighted by molar-refractivity contribution is -0.118. The largest absolute Gasteiger partial charge is 0.355 e. The van der Waals surface area contributed by atoms with Gasteiger partial charge in [0.15, 0.2) is 0 Å². The number of unbranched alkanes of at least 4 members (excludes halogenated alkanes) is 2. The van der Waals surface area contributed by atoms with Gasteiger partial charge in [0.25, 0.3) is 0 Å². The van der Waals surface area contributed by atoms with Crippen molar-refractivity contribution in [2.24, 2.45) is 0 Å². The molecule has 0 aliphatic carbocycles. The van der Waals surface area contributed by atoms with E-state index in [4.69, 9.17) is 0 Å². The van der Waals surface area contributed by atoms with E-state index in [2.05, 4.69) is 10.2 Å². The van der Waals surface area contributed by atoms with E-state index >= 15 is 0 Å². The van der Waals surface area contributed by atoms with E-state index in [0.717, 1.165) is 17.9 Å². The average molecular weight is 321 g/mol. The van der Waals surface area contributed by atoms with Gasteiger partial charge in [-0.25, -0.2) is 0 Å². The first-order valence-electron chi connectivity index (χ1n) is 8.51. The number of likely N-dealkylation sites (tertiary alicyclic amines) is 1. The Morgan fingerprint density at radius 1 is 1.05 bits per heavy atom. The van der Waals surface area contributed by atoms with Gasteiger partial charge in [-0.2, -0.15) is 0 Å². The zero-order chi connectivity index (χ0) is 15.5. The maximum atomic E-state index is 11.8. The van der Waals surface area contributed by atoms with Crippen LogP contribution in [0.3, 0.4) is 0 Å². The molecule has 1 N–H and O–H groups in total. The molecule has 2 rings (SSSR count). The second-order valence-electron chi connectivity index (χ2n) is 5.91. The number of nitrogens with zero attached hydrogens (tertiary/aromatic N) is 1. The van der Waals surface area contributed by atoms with Gasteiger partial charge in [-0.3, -0.25) is 4.79 Å². The minimum Gasteiger partial charge on any atom is -0.355 e. The van der Waals surface area contributed by atoms with Crippen LogP contribution in [-0.2, 0) is 4.79 Å². The van der Waals surface area contributed by atoms with Crippen molar-refractivity contribution >= 4 is 17.7 Å². The van der Waals surface area contributed by atoms with Crippen molar-refractivity contribution in [2.75, 3.05) is 31.9 Å². The molecule has 3 nitrogen and oxygen atoms in total. The molecule has 22 heavy (non-hydrogen) atoms. The third-order valence-electron chi connectivity index (χ3n) is 4.04. The van der Waals surface area contributed by atoms with Gasteiger partial charge < -0.3 is 10.2 Å². The Morgan fingerprint density at radius 2 is 1.82 bits per heavy atom. The number of carbonyl (C=O) groups excluding carboxylic acids is 1. The number of carbonyl (C=O) groups is 1. The number of benzene rings is 1. The van der Waals surface area contributed by atoms with Gasteiger partial charge in [0.1, 0.15) is 0 Å². The zero-order valence-electron chi connectivity index (χ0n) is 13.4. The van der Waals surface area contributed by atoms with Gasteiger partial charge in [-0.1, -0.05) is 31.0 Å². The molecule has 1 fully saturated rings. The Hall–Kier alpha value is -1.00. The molecule has 122 valence electrons. The lowest BCUT2D eigenvalue weighted by Crippen LogP contribution is -2.30. The Bertz CT molecular complexity index is 418. The first-order chi connectivity index (χ1) is 10.8. The normalized spacial score (nSPS) is 15.6. The molecule has 4 heteroatoms. The molecule has 1 aliphatic rings. The van der Waals surface area contributed by atoms with E-state index in [0.29, 0.717) is 5.75 Å². The summed E-state index contributed by atoms with van der Waals surface area (Å²) in [5.41, 5.74) is 0. The summed E-state index contributed by atoms with van der Waals surface area (Å²) in [5.74, 6) is 0.655. The van der Waals surface area contributed by atoms with Crippen LogP contribution in [-0.4, -0.2) is 42.7 Å². The predicted molar refractivity (Wildman–Crippen MR) is 94.3 cm³/mol. The fourth-order valence-corrected chi connectivity index (χ4v) is 3.51. The number of amides is 1. The number of hydrogen-bond donors (Lipinski definition) is 1. The van der Waals surface area contributed by atoms with Gasteiger partial charge in [-0.15, -0.1) is 11.8 Å². The van der Waals surface area contributed by atoms with Gasteiger partial charge in [-0.05, 0) is 57.5 Å². The second kappa shape index (κ2) is 10.7. The van der Waals surface area contributed by atoms with Crippen molar-refractivity contribution in [1.29, 1.82) is 0 Å². The highest BCUT2D eigenvalue weighted by Crippen LogP contribution is 2.16. The summed E-state index contributed by atoms with van der Waals surface area (Å²) in [4.78, 5) is 15.5. The van der Waals surface area contributed by atoms with Crippen molar-refractivity contribution in [3.63, 3.8) is 0 Å². The third-order valence-corrected chi connectivity index (χ3v) is 5.05.